The molecule has 0 radical (unpaired) electrons. The van der Waals surface area contributed by atoms with Crippen LogP contribution in [0, 0.1) is 5.82 Å². The first-order valence-corrected chi connectivity index (χ1v) is 5.35. The Morgan fingerprint density at radius 1 is 1.44 bits per heavy atom. The van der Waals surface area contributed by atoms with Crippen LogP contribution in [-0.2, 0) is 6.42 Å². The van der Waals surface area contributed by atoms with Gasteiger partial charge in [0.2, 0.25) is 0 Å². The molecular formula is C12H20FN3. The van der Waals surface area contributed by atoms with Crippen LogP contribution in [0.1, 0.15) is 12.5 Å². The van der Waals surface area contributed by atoms with Gasteiger partial charge in [-0.25, -0.2) is 9.82 Å². The Morgan fingerprint density at radius 2 is 2.12 bits per heavy atom. The van der Waals surface area contributed by atoms with Gasteiger partial charge in [0.05, 0.1) is 0 Å². The van der Waals surface area contributed by atoms with Crippen LogP contribution >= 0.6 is 0 Å². The normalized spacial score (nSPS) is 15.1. The minimum absolute atomic E-state index is 0.207. The second-order valence-electron chi connectivity index (χ2n) is 4.58. The minimum Gasteiger partial charge on any atom is -0.329 e. The second kappa shape index (κ2) is 5.39. The Hall–Kier alpha value is -0.970. The molecule has 90 valence electrons. The van der Waals surface area contributed by atoms with Gasteiger partial charge < -0.3 is 5.73 Å². The smallest absolute Gasteiger partial charge is 0.123 e. The molecule has 4 heteroatoms. The summed E-state index contributed by atoms with van der Waals surface area (Å²) >= 11 is 0. The summed E-state index contributed by atoms with van der Waals surface area (Å²) in [7, 11) is 3.83. The molecule has 0 saturated heterocycles. The van der Waals surface area contributed by atoms with Crippen LogP contribution in [0.2, 0.25) is 0 Å². The lowest BCUT2D eigenvalue weighted by Crippen LogP contribution is -2.55. The van der Waals surface area contributed by atoms with Crippen molar-refractivity contribution in [3.8, 4) is 0 Å². The maximum atomic E-state index is 13.0. The van der Waals surface area contributed by atoms with Gasteiger partial charge in [-0.3, -0.25) is 5.01 Å². The van der Waals surface area contributed by atoms with Crippen LogP contribution in [0.15, 0.2) is 24.3 Å². The first-order chi connectivity index (χ1) is 7.45. The van der Waals surface area contributed by atoms with Crippen LogP contribution < -0.4 is 11.2 Å². The lowest BCUT2D eigenvalue weighted by Gasteiger charge is -2.33. The summed E-state index contributed by atoms with van der Waals surface area (Å²) in [6, 6.07) is 6.62. The number of nitrogens with one attached hydrogen (secondary N) is 1. The maximum Gasteiger partial charge on any atom is 0.123 e. The number of nitrogens with zero attached hydrogens (tertiary/aromatic N) is 1. The molecule has 0 heterocycles. The zero-order chi connectivity index (χ0) is 12.2. The van der Waals surface area contributed by atoms with Crippen molar-refractivity contribution in [2.24, 2.45) is 5.73 Å². The fourth-order valence-corrected chi connectivity index (χ4v) is 1.79. The molecule has 0 aliphatic carbocycles. The molecule has 1 aromatic carbocycles. The largest absolute Gasteiger partial charge is 0.329 e. The molecule has 1 atom stereocenters. The van der Waals surface area contributed by atoms with Crippen molar-refractivity contribution in [3.63, 3.8) is 0 Å². The van der Waals surface area contributed by atoms with Crippen LogP contribution in [-0.4, -0.2) is 31.2 Å². The molecule has 1 rings (SSSR count). The molecular weight excluding hydrogens is 205 g/mol. The lowest BCUT2D eigenvalue weighted by atomic mass is 9.93. The average molecular weight is 225 g/mol. The van der Waals surface area contributed by atoms with Crippen LogP contribution in [0.4, 0.5) is 4.39 Å². The van der Waals surface area contributed by atoms with E-state index in [0.29, 0.717) is 13.0 Å². The van der Waals surface area contributed by atoms with Gasteiger partial charge in [-0.2, -0.15) is 0 Å². The number of rotatable bonds is 5. The number of hydrogen-bond donors (Lipinski definition) is 2. The predicted molar refractivity (Wildman–Crippen MR) is 64.4 cm³/mol. The summed E-state index contributed by atoms with van der Waals surface area (Å²) in [5.74, 6) is -0.207. The lowest BCUT2D eigenvalue weighted by molar-refractivity contribution is 0.175. The summed E-state index contributed by atoms with van der Waals surface area (Å²) < 4.78 is 13.0. The Kier molecular flexibility index (Phi) is 4.41. The van der Waals surface area contributed by atoms with Gasteiger partial charge in [0, 0.05) is 26.2 Å². The molecule has 3 N–H and O–H groups in total. The van der Waals surface area contributed by atoms with Crippen LogP contribution in [0.25, 0.3) is 0 Å². The van der Waals surface area contributed by atoms with Crippen LogP contribution in [0.5, 0.6) is 0 Å². The van der Waals surface area contributed by atoms with Gasteiger partial charge in [0.25, 0.3) is 0 Å². The van der Waals surface area contributed by atoms with E-state index < -0.39 is 0 Å². The molecule has 1 aromatic rings. The van der Waals surface area contributed by atoms with E-state index in [9.17, 15) is 4.39 Å². The molecule has 0 spiro atoms. The van der Waals surface area contributed by atoms with Crippen molar-refractivity contribution in [2.45, 2.75) is 18.9 Å². The number of benzene rings is 1. The molecule has 3 nitrogen and oxygen atoms in total. The van der Waals surface area contributed by atoms with E-state index >= 15 is 0 Å². The topological polar surface area (TPSA) is 41.3 Å². The van der Waals surface area contributed by atoms with E-state index in [1.165, 1.54) is 6.07 Å². The van der Waals surface area contributed by atoms with E-state index in [0.717, 1.165) is 5.56 Å². The van der Waals surface area contributed by atoms with Crippen molar-refractivity contribution in [1.82, 2.24) is 10.4 Å². The van der Waals surface area contributed by atoms with Gasteiger partial charge in [-0.05, 0) is 31.0 Å². The minimum atomic E-state index is -0.253. The van der Waals surface area contributed by atoms with Gasteiger partial charge in [0.1, 0.15) is 5.82 Å². The van der Waals surface area contributed by atoms with E-state index in [1.54, 1.807) is 12.1 Å². The Bertz CT molecular complexity index is 341. The van der Waals surface area contributed by atoms with Gasteiger partial charge in [-0.15, -0.1) is 0 Å². The molecule has 1 unspecified atom stereocenters. The van der Waals surface area contributed by atoms with E-state index in [1.807, 2.05) is 32.1 Å². The highest BCUT2D eigenvalue weighted by Crippen LogP contribution is 2.13. The summed E-state index contributed by atoms with van der Waals surface area (Å²) in [6.07, 6.45) is 0.694. The molecule has 0 fully saturated rings. The Labute approximate surface area is 96.4 Å². The van der Waals surface area contributed by atoms with Gasteiger partial charge in [0.15, 0.2) is 0 Å². The van der Waals surface area contributed by atoms with Gasteiger partial charge >= 0.3 is 0 Å². The first kappa shape index (κ1) is 13.1. The number of nitrogens with two attached hydrogens (primary N) is 1. The molecule has 0 saturated carbocycles. The van der Waals surface area contributed by atoms with E-state index in [2.05, 4.69) is 5.43 Å². The maximum absolute atomic E-state index is 13.0. The van der Waals surface area contributed by atoms with Crippen molar-refractivity contribution < 1.29 is 4.39 Å². The highest BCUT2D eigenvalue weighted by atomic mass is 19.1. The fraction of sp³-hybridized carbons (Fsp3) is 0.500. The first-order valence-electron chi connectivity index (χ1n) is 5.35. The molecule has 0 aliphatic heterocycles. The zero-order valence-corrected chi connectivity index (χ0v) is 10.1. The van der Waals surface area contributed by atoms with Crippen LogP contribution in [0.3, 0.4) is 0 Å². The third kappa shape index (κ3) is 3.89. The molecule has 0 amide bonds. The van der Waals surface area contributed by atoms with Crippen molar-refractivity contribution >= 4 is 0 Å². The highest BCUT2D eigenvalue weighted by molar-refractivity contribution is 5.19. The summed E-state index contributed by atoms with van der Waals surface area (Å²) in [5, 5.41) is 1.87. The molecule has 16 heavy (non-hydrogen) atoms. The van der Waals surface area contributed by atoms with Crippen molar-refractivity contribution in [2.75, 3.05) is 20.6 Å². The third-order valence-corrected chi connectivity index (χ3v) is 2.43. The molecule has 0 bridgehead atoms. The zero-order valence-electron chi connectivity index (χ0n) is 10.1. The van der Waals surface area contributed by atoms with Crippen molar-refractivity contribution in [3.05, 3.63) is 35.6 Å². The summed E-state index contributed by atoms with van der Waals surface area (Å²) in [5.41, 5.74) is 9.71. The second-order valence-corrected chi connectivity index (χ2v) is 4.58. The van der Waals surface area contributed by atoms with Crippen molar-refractivity contribution in [1.29, 1.82) is 0 Å². The van der Waals surface area contributed by atoms with E-state index in [-0.39, 0.29) is 11.4 Å². The summed E-state index contributed by atoms with van der Waals surface area (Å²) in [4.78, 5) is 0. The molecule has 0 aromatic heterocycles. The standard InChI is InChI=1S/C12H20FN3/c1-12(9-14,15-16(2)3)8-10-5-4-6-11(13)7-10/h4-7,15H,8-9,14H2,1-3H3. The fourth-order valence-electron chi connectivity index (χ4n) is 1.79. The quantitative estimate of drug-likeness (QED) is 0.739. The van der Waals surface area contributed by atoms with Gasteiger partial charge in [-0.1, -0.05) is 12.1 Å². The summed E-state index contributed by atoms with van der Waals surface area (Å²) in [6.45, 7) is 2.51. The predicted octanol–water partition coefficient (Wildman–Crippen LogP) is 1.15. The molecule has 0 aliphatic rings. The monoisotopic (exact) mass is 225 g/mol. The Balaban J connectivity index is 2.76. The highest BCUT2D eigenvalue weighted by Gasteiger charge is 2.23. The number of halogens is 1. The third-order valence-electron chi connectivity index (χ3n) is 2.43. The van der Waals surface area contributed by atoms with E-state index in [4.69, 9.17) is 5.73 Å². The number of hydrazine groups is 1. The number of hydrogen-bond acceptors (Lipinski definition) is 3. The average Bonchev–Trinajstić information content (AvgIpc) is 2.16. The SMILES string of the molecule is CN(C)NC(C)(CN)Cc1cccc(F)c1. The Morgan fingerprint density at radius 3 is 2.62 bits per heavy atom.